The lowest BCUT2D eigenvalue weighted by Gasteiger charge is -2.17. The quantitative estimate of drug-likeness (QED) is 0.744. The SMILES string of the molecule is CN(Cc1ccc(Br)cc1)C(=O)c1ccc(CCl)cc1. The number of alkyl halides is 1. The summed E-state index contributed by atoms with van der Waals surface area (Å²) in [5.74, 6) is 0.470. The molecule has 2 rings (SSSR count). The van der Waals surface area contributed by atoms with Crippen molar-refractivity contribution in [1.29, 1.82) is 0 Å². The minimum absolute atomic E-state index is 0.00837. The predicted molar refractivity (Wildman–Crippen MR) is 85.9 cm³/mol. The first-order chi connectivity index (χ1) is 9.60. The number of benzene rings is 2. The van der Waals surface area contributed by atoms with E-state index in [2.05, 4.69) is 15.9 Å². The van der Waals surface area contributed by atoms with E-state index in [1.54, 1.807) is 11.9 Å². The minimum Gasteiger partial charge on any atom is -0.337 e. The highest BCUT2D eigenvalue weighted by atomic mass is 79.9. The summed E-state index contributed by atoms with van der Waals surface area (Å²) in [5.41, 5.74) is 2.79. The van der Waals surface area contributed by atoms with Gasteiger partial charge in [0.05, 0.1) is 0 Å². The number of carbonyl (C=O) groups is 1. The molecule has 0 saturated heterocycles. The molecule has 0 aliphatic carbocycles. The van der Waals surface area contributed by atoms with Crippen LogP contribution in [-0.4, -0.2) is 17.9 Å². The summed E-state index contributed by atoms with van der Waals surface area (Å²) in [6.45, 7) is 0.587. The molecule has 2 nitrogen and oxygen atoms in total. The highest BCUT2D eigenvalue weighted by molar-refractivity contribution is 9.10. The van der Waals surface area contributed by atoms with Gasteiger partial charge in [-0.15, -0.1) is 11.6 Å². The zero-order chi connectivity index (χ0) is 14.5. The van der Waals surface area contributed by atoms with Crippen LogP contribution in [0.3, 0.4) is 0 Å². The normalized spacial score (nSPS) is 10.3. The number of amides is 1. The Morgan fingerprint density at radius 1 is 1.05 bits per heavy atom. The summed E-state index contributed by atoms with van der Waals surface area (Å²) < 4.78 is 1.03. The Hall–Kier alpha value is -1.32. The number of rotatable bonds is 4. The third-order valence-electron chi connectivity index (χ3n) is 3.03. The molecule has 0 atom stereocenters. The molecule has 2 aromatic carbocycles. The van der Waals surface area contributed by atoms with Gasteiger partial charge in [0.25, 0.3) is 5.91 Å². The average molecular weight is 353 g/mol. The summed E-state index contributed by atoms with van der Waals surface area (Å²) >= 11 is 9.14. The molecule has 0 heterocycles. The van der Waals surface area contributed by atoms with Crippen LogP contribution in [0.25, 0.3) is 0 Å². The van der Waals surface area contributed by atoms with Crippen molar-refractivity contribution in [3.05, 3.63) is 69.7 Å². The van der Waals surface area contributed by atoms with Gasteiger partial charge in [0.1, 0.15) is 0 Å². The second-order valence-electron chi connectivity index (χ2n) is 4.62. The van der Waals surface area contributed by atoms with Gasteiger partial charge >= 0.3 is 0 Å². The molecule has 1 amide bonds. The first-order valence-corrected chi connectivity index (χ1v) is 7.57. The van der Waals surface area contributed by atoms with Gasteiger partial charge in [-0.3, -0.25) is 4.79 Å². The highest BCUT2D eigenvalue weighted by Gasteiger charge is 2.11. The molecule has 0 aromatic heterocycles. The summed E-state index contributed by atoms with van der Waals surface area (Å²) in [6, 6.07) is 15.4. The lowest BCUT2D eigenvalue weighted by Crippen LogP contribution is -2.26. The lowest BCUT2D eigenvalue weighted by atomic mass is 10.1. The molecule has 0 radical (unpaired) electrons. The van der Waals surface area contributed by atoms with E-state index in [1.165, 1.54) is 0 Å². The second kappa shape index (κ2) is 6.91. The standard InChI is InChI=1S/C16H15BrClNO/c1-19(11-13-4-8-15(17)9-5-13)16(20)14-6-2-12(10-18)3-7-14/h2-9H,10-11H2,1H3. The maximum atomic E-state index is 12.3. The number of carbonyl (C=O) groups excluding carboxylic acids is 1. The Morgan fingerprint density at radius 2 is 1.60 bits per heavy atom. The summed E-state index contributed by atoms with van der Waals surface area (Å²) in [6.07, 6.45) is 0. The topological polar surface area (TPSA) is 20.3 Å². The summed E-state index contributed by atoms with van der Waals surface area (Å²) in [5, 5.41) is 0. The molecule has 0 aliphatic rings. The van der Waals surface area contributed by atoms with Crippen LogP contribution in [0.2, 0.25) is 0 Å². The monoisotopic (exact) mass is 351 g/mol. The number of hydrogen-bond donors (Lipinski definition) is 0. The zero-order valence-corrected chi connectivity index (χ0v) is 13.5. The molecular formula is C16H15BrClNO. The average Bonchev–Trinajstić information content (AvgIpc) is 2.49. The van der Waals surface area contributed by atoms with Crippen LogP contribution in [0.1, 0.15) is 21.5 Å². The van der Waals surface area contributed by atoms with Gasteiger partial charge in [0.15, 0.2) is 0 Å². The first-order valence-electron chi connectivity index (χ1n) is 6.25. The van der Waals surface area contributed by atoms with Crippen LogP contribution in [0.5, 0.6) is 0 Å². The summed E-state index contributed by atoms with van der Waals surface area (Å²) in [4.78, 5) is 14.0. The van der Waals surface area contributed by atoms with E-state index < -0.39 is 0 Å². The zero-order valence-electron chi connectivity index (χ0n) is 11.1. The van der Waals surface area contributed by atoms with E-state index in [9.17, 15) is 4.79 Å². The van der Waals surface area contributed by atoms with Crippen molar-refractivity contribution in [2.75, 3.05) is 7.05 Å². The fraction of sp³-hybridized carbons (Fsp3) is 0.188. The van der Waals surface area contributed by atoms with Crippen molar-refractivity contribution >= 4 is 33.4 Å². The number of halogens is 2. The van der Waals surface area contributed by atoms with Crippen molar-refractivity contribution in [2.24, 2.45) is 0 Å². The van der Waals surface area contributed by atoms with E-state index in [-0.39, 0.29) is 5.91 Å². The van der Waals surface area contributed by atoms with Crippen LogP contribution in [0.15, 0.2) is 53.0 Å². The Morgan fingerprint density at radius 3 is 2.15 bits per heavy atom. The molecular weight excluding hydrogens is 338 g/mol. The van der Waals surface area contributed by atoms with Crippen molar-refractivity contribution in [3.8, 4) is 0 Å². The second-order valence-corrected chi connectivity index (χ2v) is 5.80. The van der Waals surface area contributed by atoms with Gasteiger partial charge in [0.2, 0.25) is 0 Å². The van der Waals surface area contributed by atoms with E-state index in [0.717, 1.165) is 15.6 Å². The molecule has 0 unspecified atom stereocenters. The van der Waals surface area contributed by atoms with Crippen LogP contribution in [0.4, 0.5) is 0 Å². The first kappa shape index (κ1) is 15.1. The Balaban J connectivity index is 2.05. The van der Waals surface area contributed by atoms with E-state index in [1.807, 2.05) is 48.5 Å². The van der Waals surface area contributed by atoms with Crippen molar-refractivity contribution in [3.63, 3.8) is 0 Å². The van der Waals surface area contributed by atoms with Crippen molar-refractivity contribution in [1.82, 2.24) is 4.90 Å². The molecule has 0 aliphatic heterocycles. The van der Waals surface area contributed by atoms with Crippen molar-refractivity contribution < 1.29 is 4.79 Å². The third kappa shape index (κ3) is 3.84. The van der Waals surface area contributed by atoms with E-state index in [4.69, 9.17) is 11.6 Å². The molecule has 0 N–H and O–H groups in total. The molecule has 0 fully saturated rings. The molecule has 20 heavy (non-hydrogen) atoms. The van der Waals surface area contributed by atoms with Gasteiger partial charge < -0.3 is 4.90 Å². The third-order valence-corrected chi connectivity index (χ3v) is 3.87. The molecule has 0 bridgehead atoms. The van der Waals surface area contributed by atoms with Gasteiger partial charge in [-0.2, -0.15) is 0 Å². The molecule has 0 saturated carbocycles. The van der Waals surface area contributed by atoms with Crippen LogP contribution in [0, 0.1) is 0 Å². The Labute approximate surface area is 132 Å². The Bertz CT molecular complexity index is 580. The smallest absolute Gasteiger partial charge is 0.253 e. The lowest BCUT2D eigenvalue weighted by molar-refractivity contribution is 0.0785. The minimum atomic E-state index is 0.00837. The summed E-state index contributed by atoms with van der Waals surface area (Å²) in [7, 11) is 1.81. The maximum absolute atomic E-state index is 12.3. The van der Waals surface area contributed by atoms with Crippen LogP contribution < -0.4 is 0 Å². The van der Waals surface area contributed by atoms with Crippen molar-refractivity contribution in [2.45, 2.75) is 12.4 Å². The number of nitrogens with zero attached hydrogens (tertiary/aromatic N) is 1. The predicted octanol–water partition coefficient (Wildman–Crippen LogP) is 4.46. The Kier molecular flexibility index (Phi) is 5.21. The van der Waals surface area contributed by atoms with Gasteiger partial charge in [0, 0.05) is 29.5 Å². The fourth-order valence-electron chi connectivity index (χ4n) is 1.89. The van der Waals surface area contributed by atoms with Crippen LogP contribution >= 0.6 is 27.5 Å². The van der Waals surface area contributed by atoms with Crippen LogP contribution in [-0.2, 0) is 12.4 Å². The van der Waals surface area contributed by atoms with E-state index in [0.29, 0.717) is 18.0 Å². The molecule has 0 spiro atoms. The molecule has 4 heteroatoms. The number of hydrogen-bond acceptors (Lipinski definition) is 1. The van der Waals surface area contributed by atoms with Gasteiger partial charge in [-0.25, -0.2) is 0 Å². The van der Waals surface area contributed by atoms with Gasteiger partial charge in [-0.05, 0) is 35.4 Å². The fourth-order valence-corrected chi connectivity index (χ4v) is 2.33. The maximum Gasteiger partial charge on any atom is 0.253 e. The van der Waals surface area contributed by atoms with E-state index >= 15 is 0 Å². The molecule has 104 valence electrons. The van der Waals surface area contributed by atoms with Gasteiger partial charge in [-0.1, -0.05) is 40.2 Å². The largest absolute Gasteiger partial charge is 0.337 e. The highest BCUT2D eigenvalue weighted by Crippen LogP contribution is 2.14. The molecule has 2 aromatic rings.